The minimum absolute atomic E-state index is 0.383. The number of hydrogen-bond acceptors (Lipinski definition) is 6. The lowest BCUT2D eigenvalue weighted by Crippen LogP contribution is -2.22. The van der Waals surface area contributed by atoms with Gasteiger partial charge in [0, 0.05) is 6.54 Å². The second-order valence-corrected chi connectivity index (χ2v) is 5.54. The first kappa shape index (κ1) is 12.2. The number of nitrogens with zero attached hydrogens (tertiary/aromatic N) is 3. The second-order valence-electron chi connectivity index (χ2n) is 5.54. The maximum atomic E-state index is 5.38. The van der Waals surface area contributed by atoms with Gasteiger partial charge in [0.25, 0.3) is 0 Å². The standard InChI is InChI=1S/C12H19N7/c1-7(2)12(3-4-12)6-14-9-8-5-15-19-10(8)17-11(16-9)18-13/h5,7H,3-4,6,13H2,1-2H3,(H3,14,15,16,17,18,19). The predicted octanol–water partition coefficient (Wildman–Crippen LogP) is 1.49. The SMILES string of the molecule is CC(C)C1(CNc2nc(NN)nc3[nH]ncc23)CC1. The summed E-state index contributed by atoms with van der Waals surface area (Å²) in [5.41, 5.74) is 3.57. The van der Waals surface area contributed by atoms with Crippen LogP contribution >= 0.6 is 0 Å². The number of aromatic nitrogens is 4. The number of nitrogens with two attached hydrogens (primary N) is 1. The Morgan fingerprint density at radius 1 is 1.42 bits per heavy atom. The zero-order chi connectivity index (χ0) is 13.5. The van der Waals surface area contributed by atoms with Gasteiger partial charge in [-0.05, 0) is 24.2 Å². The quantitative estimate of drug-likeness (QED) is 0.480. The van der Waals surface area contributed by atoms with Gasteiger partial charge in [0.15, 0.2) is 5.65 Å². The van der Waals surface area contributed by atoms with Gasteiger partial charge in [-0.2, -0.15) is 15.1 Å². The van der Waals surface area contributed by atoms with Gasteiger partial charge in [0.2, 0.25) is 5.95 Å². The normalized spacial score (nSPS) is 16.8. The third-order valence-electron chi connectivity index (χ3n) is 4.16. The number of nitrogens with one attached hydrogen (secondary N) is 3. The molecule has 7 nitrogen and oxygen atoms in total. The largest absolute Gasteiger partial charge is 0.369 e. The second kappa shape index (κ2) is 4.34. The Balaban J connectivity index is 1.85. The fourth-order valence-corrected chi connectivity index (χ4v) is 2.41. The summed E-state index contributed by atoms with van der Waals surface area (Å²) < 4.78 is 0. The molecule has 5 N–H and O–H groups in total. The summed E-state index contributed by atoms with van der Waals surface area (Å²) in [6, 6.07) is 0. The molecule has 0 amide bonds. The van der Waals surface area contributed by atoms with Crippen LogP contribution in [0.15, 0.2) is 6.20 Å². The van der Waals surface area contributed by atoms with Crippen LogP contribution in [0.25, 0.3) is 11.0 Å². The minimum atomic E-state index is 0.383. The van der Waals surface area contributed by atoms with Crippen LogP contribution in [0.5, 0.6) is 0 Å². The smallest absolute Gasteiger partial charge is 0.241 e. The highest BCUT2D eigenvalue weighted by Gasteiger charge is 2.45. The van der Waals surface area contributed by atoms with E-state index in [0.717, 1.165) is 17.7 Å². The number of anilines is 2. The Labute approximate surface area is 111 Å². The summed E-state index contributed by atoms with van der Waals surface area (Å²) in [5.74, 6) is 7.22. The maximum absolute atomic E-state index is 5.38. The first-order valence-corrected chi connectivity index (χ1v) is 6.56. The van der Waals surface area contributed by atoms with Gasteiger partial charge in [-0.3, -0.25) is 10.5 Å². The van der Waals surface area contributed by atoms with Crippen LogP contribution in [0.2, 0.25) is 0 Å². The van der Waals surface area contributed by atoms with Crippen molar-refractivity contribution < 1.29 is 0 Å². The molecular weight excluding hydrogens is 242 g/mol. The number of aromatic amines is 1. The lowest BCUT2D eigenvalue weighted by Gasteiger charge is -2.20. The molecule has 0 radical (unpaired) electrons. The Morgan fingerprint density at radius 3 is 2.84 bits per heavy atom. The average Bonchev–Trinajstić information content (AvgIpc) is 3.06. The Morgan fingerprint density at radius 2 is 2.21 bits per heavy atom. The summed E-state index contributed by atoms with van der Waals surface area (Å²) in [7, 11) is 0. The molecule has 102 valence electrons. The van der Waals surface area contributed by atoms with Crippen molar-refractivity contribution in [2.45, 2.75) is 26.7 Å². The van der Waals surface area contributed by atoms with Crippen molar-refractivity contribution in [3.05, 3.63) is 6.20 Å². The first-order valence-electron chi connectivity index (χ1n) is 6.56. The van der Waals surface area contributed by atoms with Crippen molar-refractivity contribution >= 4 is 22.8 Å². The topological polar surface area (TPSA) is 105 Å². The summed E-state index contributed by atoms with van der Waals surface area (Å²) in [6.45, 7) is 5.47. The summed E-state index contributed by atoms with van der Waals surface area (Å²) in [6.07, 6.45) is 4.28. The Hall–Kier alpha value is -1.89. The van der Waals surface area contributed by atoms with Crippen molar-refractivity contribution in [1.82, 2.24) is 20.2 Å². The molecule has 0 atom stereocenters. The summed E-state index contributed by atoms with van der Waals surface area (Å²) >= 11 is 0. The van der Waals surface area contributed by atoms with Crippen molar-refractivity contribution in [1.29, 1.82) is 0 Å². The lowest BCUT2D eigenvalue weighted by molar-refractivity contribution is 0.380. The molecule has 1 aliphatic rings. The third kappa shape index (κ3) is 2.10. The molecule has 0 bridgehead atoms. The zero-order valence-electron chi connectivity index (χ0n) is 11.2. The monoisotopic (exact) mass is 261 g/mol. The van der Waals surface area contributed by atoms with Crippen molar-refractivity contribution in [2.24, 2.45) is 17.2 Å². The fourth-order valence-electron chi connectivity index (χ4n) is 2.41. The highest BCUT2D eigenvalue weighted by atomic mass is 15.3. The molecule has 0 aliphatic heterocycles. The third-order valence-corrected chi connectivity index (χ3v) is 4.16. The number of H-pyrrole nitrogens is 1. The molecule has 0 saturated heterocycles. The summed E-state index contributed by atoms with van der Waals surface area (Å²) in [4.78, 5) is 8.57. The van der Waals surface area contributed by atoms with E-state index in [4.69, 9.17) is 5.84 Å². The van der Waals surface area contributed by atoms with Crippen molar-refractivity contribution in [3.63, 3.8) is 0 Å². The van der Waals surface area contributed by atoms with Gasteiger partial charge in [-0.15, -0.1) is 0 Å². The molecule has 1 aliphatic carbocycles. The van der Waals surface area contributed by atoms with E-state index < -0.39 is 0 Å². The molecule has 2 heterocycles. The molecule has 1 saturated carbocycles. The van der Waals surface area contributed by atoms with Gasteiger partial charge in [0.05, 0.1) is 11.6 Å². The Bertz CT molecular complexity index is 585. The number of nitrogen functional groups attached to an aromatic ring is 1. The molecule has 1 fully saturated rings. The molecule has 7 heteroatoms. The molecule has 2 aromatic rings. The van der Waals surface area contributed by atoms with E-state index in [1.54, 1.807) is 6.20 Å². The molecule has 0 unspecified atom stereocenters. The number of fused-ring (bicyclic) bond motifs is 1. The van der Waals surface area contributed by atoms with Crippen molar-refractivity contribution in [3.8, 4) is 0 Å². The van der Waals surface area contributed by atoms with E-state index in [2.05, 4.69) is 44.8 Å². The van der Waals surface area contributed by atoms with Gasteiger partial charge in [-0.1, -0.05) is 13.8 Å². The highest BCUT2D eigenvalue weighted by Crippen LogP contribution is 2.51. The molecule has 0 spiro atoms. The van der Waals surface area contributed by atoms with Crippen LogP contribution in [0.4, 0.5) is 11.8 Å². The van der Waals surface area contributed by atoms with Crippen LogP contribution in [0.3, 0.4) is 0 Å². The van der Waals surface area contributed by atoms with E-state index >= 15 is 0 Å². The van der Waals surface area contributed by atoms with E-state index in [-0.39, 0.29) is 0 Å². The number of hydrazine groups is 1. The number of rotatable bonds is 5. The van der Waals surface area contributed by atoms with Crippen LogP contribution in [0.1, 0.15) is 26.7 Å². The number of hydrogen-bond donors (Lipinski definition) is 4. The van der Waals surface area contributed by atoms with Gasteiger partial charge >= 0.3 is 0 Å². The van der Waals surface area contributed by atoms with Crippen LogP contribution in [0, 0.1) is 11.3 Å². The van der Waals surface area contributed by atoms with Gasteiger partial charge < -0.3 is 5.32 Å². The van der Waals surface area contributed by atoms with E-state index in [9.17, 15) is 0 Å². The van der Waals surface area contributed by atoms with Gasteiger partial charge in [0.1, 0.15) is 5.82 Å². The average molecular weight is 261 g/mol. The van der Waals surface area contributed by atoms with E-state index in [0.29, 0.717) is 22.9 Å². The first-order chi connectivity index (χ1) is 9.14. The molecule has 3 rings (SSSR count). The van der Waals surface area contributed by atoms with E-state index in [1.165, 1.54) is 12.8 Å². The van der Waals surface area contributed by atoms with E-state index in [1.807, 2.05) is 0 Å². The minimum Gasteiger partial charge on any atom is -0.369 e. The summed E-state index contributed by atoms with van der Waals surface area (Å²) in [5, 5.41) is 11.1. The lowest BCUT2D eigenvalue weighted by atomic mass is 9.92. The van der Waals surface area contributed by atoms with Crippen LogP contribution < -0.4 is 16.6 Å². The predicted molar refractivity (Wildman–Crippen MR) is 74.5 cm³/mol. The zero-order valence-corrected chi connectivity index (χ0v) is 11.2. The molecule has 19 heavy (non-hydrogen) atoms. The van der Waals surface area contributed by atoms with Crippen molar-refractivity contribution in [2.75, 3.05) is 17.3 Å². The van der Waals surface area contributed by atoms with Crippen LogP contribution in [-0.2, 0) is 0 Å². The maximum Gasteiger partial charge on any atom is 0.241 e. The Kier molecular flexibility index (Phi) is 2.78. The highest BCUT2D eigenvalue weighted by molar-refractivity contribution is 5.86. The molecule has 2 aromatic heterocycles. The van der Waals surface area contributed by atoms with Crippen LogP contribution in [-0.4, -0.2) is 26.7 Å². The fraction of sp³-hybridized carbons (Fsp3) is 0.583. The molecule has 0 aromatic carbocycles. The van der Waals surface area contributed by atoms with Gasteiger partial charge in [-0.25, -0.2) is 5.84 Å². The molecular formula is C12H19N7.